The van der Waals surface area contributed by atoms with E-state index in [1.165, 1.54) is 0 Å². The van der Waals surface area contributed by atoms with Gasteiger partial charge in [0.25, 0.3) is 0 Å². The van der Waals surface area contributed by atoms with Crippen LogP contribution in [0, 0.1) is 0 Å². The van der Waals surface area contributed by atoms with Crippen LogP contribution in [0.1, 0.15) is 12.7 Å². The number of hydrogen-bond acceptors (Lipinski definition) is 3. The molecule has 0 bridgehead atoms. The summed E-state index contributed by atoms with van der Waals surface area (Å²) in [6.45, 7) is 3.39. The van der Waals surface area contributed by atoms with Crippen molar-refractivity contribution in [3.05, 3.63) is 30.1 Å². The van der Waals surface area contributed by atoms with Gasteiger partial charge in [0.2, 0.25) is 0 Å². The van der Waals surface area contributed by atoms with Gasteiger partial charge in [0, 0.05) is 13.1 Å². The van der Waals surface area contributed by atoms with Crippen LogP contribution in [-0.4, -0.2) is 28.8 Å². The van der Waals surface area contributed by atoms with Gasteiger partial charge in [-0.15, -0.1) is 0 Å². The summed E-state index contributed by atoms with van der Waals surface area (Å²) in [5, 5.41) is 0. The molecule has 2 heterocycles. The fraction of sp³-hybridized carbons (Fsp3) is 0.462. The van der Waals surface area contributed by atoms with Crippen LogP contribution in [-0.2, 0) is 17.2 Å². The molecule has 1 aliphatic heterocycles. The smallest absolute Gasteiger partial charge is 0.119 e. The molecule has 1 aromatic carbocycles. The molecule has 90 valence electrons. The highest BCUT2D eigenvalue weighted by molar-refractivity contribution is 5.76. The maximum atomic E-state index is 6.16. The highest BCUT2D eigenvalue weighted by atomic mass is 16.5. The highest BCUT2D eigenvalue weighted by Crippen LogP contribution is 2.32. The van der Waals surface area contributed by atoms with Crippen LogP contribution in [0.25, 0.3) is 11.0 Å². The van der Waals surface area contributed by atoms with Crippen molar-refractivity contribution in [2.75, 3.05) is 13.2 Å². The summed E-state index contributed by atoms with van der Waals surface area (Å²) in [7, 11) is 2.04. The Hall–Kier alpha value is -1.39. The molecular weight excluding hydrogens is 214 g/mol. The maximum Gasteiger partial charge on any atom is 0.119 e. The predicted octanol–water partition coefficient (Wildman–Crippen LogP) is 1.19. The van der Waals surface area contributed by atoms with E-state index in [4.69, 9.17) is 15.5 Å². The fourth-order valence-corrected chi connectivity index (χ4v) is 2.58. The lowest BCUT2D eigenvalue weighted by atomic mass is 9.85. The Balaban J connectivity index is 2.21. The SMILES string of the molecule is Cn1c(C2(C)COCC2N)nc2ccccc21. The van der Waals surface area contributed by atoms with Gasteiger partial charge < -0.3 is 15.0 Å². The Kier molecular flexibility index (Phi) is 2.24. The maximum absolute atomic E-state index is 6.16. The number of aromatic nitrogens is 2. The van der Waals surface area contributed by atoms with E-state index in [1.807, 2.05) is 25.2 Å². The van der Waals surface area contributed by atoms with Crippen molar-refractivity contribution in [3.8, 4) is 0 Å². The van der Waals surface area contributed by atoms with Crippen molar-refractivity contribution in [2.45, 2.75) is 18.4 Å². The van der Waals surface area contributed by atoms with E-state index in [2.05, 4.69) is 17.6 Å². The molecule has 0 aliphatic carbocycles. The van der Waals surface area contributed by atoms with E-state index in [1.54, 1.807) is 0 Å². The molecule has 0 radical (unpaired) electrons. The van der Waals surface area contributed by atoms with Gasteiger partial charge in [-0.25, -0.2) is 4.98 Å². The first-order chi connectivity index (χ1) is 8.13. The molecule has 1 aliphatic rings. The molecule has 17 heavy (non-hydrogen) atoms. The van der Waals surface area contributed by atoms with Gasteiger partial charge in [0.05, 0.1) is 29.7 Å². The van der Waals surface area contributed by atoms with Crippen molar-refractivity contribution in [1.82, 2.24) is 9.55 Å². The van der Waals surface area contributed by atoms with Crippen molar-refractivity contribution < 1.29 is 4.74 Å². The summed E-state index contributed by atoms with van der Waals surface area (Å²) < 4.78 is 7.63. The average Bonchev–Trinajstić information content (AvgIpc) is 2.83. The molecule has 2 atom stereocenters. The van der Waals surface area contributed by atoms with Gasteiger partial charge in [-0.2, -0.15) is 0 Å². The zero-order valence-electron chi connectivity index (χ0n) is 10.2. The fourth-order valence-electron chi connectivity index (χ4n) is 2.58. The molecule has 1 saturated heterocycles. The number of para-hydroxylation sites is 2. The molecule has 4 heteroatoms. The minimum Gasteiger partial charge on any atom is -0.379 e. The Labute approximate surface area is 100 Å². The molecule has 0 saturated carbocycles. The largest absolute Gasteiger partial charge is 0.379 e. The molecule has 1 fully saturated rings. The van der Waals surface area contributed by atoms with Crippen molar-refractivity contribution in [3.63, 3.8) is 0 Å². The lowest BCUT2D eigenvalue weighted by Crippen LogP contribution is -2.43. The molecule has 2 aromatic rings. The number of nitrogens with zero attached hydrogens (tertiary/aromatic N) is 2. The first-order valence-corrected chi connectivity index (χ1v) is 5.88. The second-order valence-electron chi connectivity index (χ2n) is 5.02. The van der Waals surface area contributed by atoms with E-state index in [-0.39, 0.29) is 11.5 Å². The van der Waals surface area contributed by atoms with Crippen LogP contribution in [0.3, 0.4) is 0 Å². The first kappa shape index (κ1) is 10.7. The van der Waals surface area contributed by atoms with E-state index in [0.717, 1.165) is 16.9 Å². The third kappa shape index (κ3) is 1.41. The molecule has 2 N–H and O–H groups in total. The van der Waals surface area contributed by atoms with Crippen molar-refractivity contribution in [2.24, 2.45) is 12.8 Å². The van der Waals surface area contributed by atoms with E-state index < -0.39 is 0 Å². The van der Waals surface area contributed by atoms with Crippen molar-refractivity contribution >= 4 is 11.0 Å². The average molecular weight is 231 g/mol. The summed E-state index contributed by atoms with van der Waals surface area (Å²) in [6.07, 6.45) is 0. The van der Waals surface area contributed by atoms with E-state index in [0.29, 0.717) is 13.2 Å². The van der Waals surface area contributed by atoms with Gasteiger partial charge in [0.15, 0.2) is 0 Å². The van der Waals surface area contributed by atoms with Crippen LogP contribution in [0.5, 0.6) is 0 Å². The Morgan fingerprint density at radius 2 is 2.24 bits per heavy atom. The molecule has 4 nitrogen and oxygen atoms in total. The zero-order chi connectivity index (χ0) is 12.0. The van der Waals surface area contributed by atoms with Crippen LogP contribution in [0.2, 0.25) is 0 Å². The van der Waals surface area contributed by atoms with Gasteiger partial charge in [-0.05, 0) is 19.1 Å². The number of imidazole rings is 1. The standard InChI is InChI=1S/C13H17N3O/c1-13(8-17-7-11(13)14)12-15-9-5-3-4-6-10(9)16(12)2/h3-6,11H,7-8,14H2,1-2H3. The van der Waals surface area contributed by atoms with Gasteiger partial charge in [0.1, 0.15) is 5.82 Å². The molecule has 3 rings (SSSR count). The van der Waals surface area contributed by atoms with Crippen molar-refractivity contribution in [1.29, 1.82) is 0 Å². The summed E-state index contributed by atoms with van der Waals surface area (Å²) in [5.74, 6) is 1.02. The second-order valence-corrected chi connectivity index (χ2v) is 5.02. The predicted molar refractivity (Wildman–Crippen MR) is 66.9 cm³/mol. The Morgan fingerprint density at radius 3 is 2.88 bits per heavy atom. The third-order valence-corrected chi connectivity index (χ3v) is 3.82. The number of fused-ring (bicyclic) bond motifs is 1. The van der Waals surface area contributed by atoms with Gasteiger partial charge in [-0.3, -0.25) is 0 Å². The molecule has 2 unspecified atom stereocenters. The highest BCUT2D eigenvalue weighted by Gasteiger charge is 2.42. The van der Waals surface area contributed by atoms with Crippen LogP contribution in [0.4, 0.5) is 0 Å². The topological polar surface area (TPSA) is 53.1 Å². The minimum atomic E-state index is -0.187. The van der Waals surface area contributed by atoms with Crippen LogP contribution < -0.4 is 5.73 Å². The molecule has 0 amide bonds. The molecular formula is C13H17N3O. The number of nitrogens with two attached hydrogens (primary N) is 1. The van der Waals surface area contributed by atoms with Crippen LogP contribution >= 0.6 is 0 Å². The summed E-state index contributed by atoms with van der Waals surface area (Å²) in [5.41, 5.74) is 8.13. The molecule has 0 spiro atoms. The van der Waals surface area contributed by atoms with E-state index >= 15 is 0 Å². The molecule has 1 aromatic heterocycles. The third-order valence-electron chi connectivity index (χ3n) is 3.82. The van der Waals surface area contributed by atoms with Gasteiger partial charge in [-0.1, -0.05) is 12.1 Å². The number of hydrogen-bond donors (Lipinski definition) is 1. The lowest BCUT2D eigenvalue weighted by molar-refractivity contribution is 0.177. The Bertz CT molecular complexity index is 563. The monoisotopic (exact) mass is 231 g/mol. The number of aryl methyl sites for hydroxylation is 1. The summed E-state index contributed by atoms with van der Waals surface area (Å²) in [6, 6.07) is 8.16. The summed E-state index contributed by atoms with van der Waals surface area (Å²) in [4.78, 5) is 4.72. The quantitative estimate of drug-likeness (QED) is 0.802. The first-order valence-electron chi connectivity index (χ1n) is 5.88. The lowest BCUT2D eigenvalue weighted by Gasteiger charge is -2.26. The van der Waals surface area contributed by atoms with Crippen LogP contribution in [0.15, 0.2) is 24.3 Å². The summed E-state index contributed by atoms with van der Waals surface area (Å²) >= 11 is 0. The number of ether oxygens (including phenoxy) is 1. The minimum absolute atomic E-state index is 0.0120. The van der Waals surface area contributed by atoms with E-state index in [9.17, 15) is 0 Å². The normalized spacial score (nSPS) is 29.0. The second kappa shape index (κ2) is 3.55. The number of benzene rings is 1. The van der Waals surface area contributed by atoms with Gasteiger partial charge >= 0.3 is 0 Å². The zero-order valence-corrected chi connectivity index (χ0v) is 10.2. The Morgan fingerprint density at radius 1 is 1.47 bits per heavy atom. The number of rotatable bonds is 1.